The van der Waals surface area contributed by atoms with Gasteiger partial charge in [-0.25, -0.2) is 0 Å². The third kappa shape index (κ3) is 5.56. The van der Waals surface area contributed by atoms with E-state index in [0.29, 0.717) is 12.4 Å². The monoisotopic (exact) mass is 163 g/mol. The Labute approximate surface area is 64.7 Å². The molecule has 0 aromatic carbocycles. The van der Waals surface area contributed by atoms with Crippen LogP contribution in [0.15, 0.2) is 0 Å². The van der Waals surface area contributed by atoms with E-state index in [2.05, 4.69) is 5.32 Å². The molecule has 4 heteroatoms. The van der Waals surface area contributed by atoms with Gasteiger partial charge in [-0.05, 0) is 6.92 Å². The number of halogens is 1. The third-order valence-electron chi connectivity index (χ3n) is 0.826. The van der Waals surface area contributed by atoms with Gasteiger partial charge in [0, 0.05) is 12.4 Å². The molecule has 0 unspecified atom stereocenters. The highest BCUT2D eigenvalue weighted by Gasteiger charge is 2.02. The van der Waals surface area contributed by atoms with Gasteiger partial charge in [-0.1, -0.05) is 0 Å². The van der Waals surface area contributed by atoms with Gasteiger partial charge in [-0.2, -0.15) is 0 Å². The average molecular weight is 164 g/mol. The van der Waals surface area contributed by atoms with Crippen molar-refractivity contribution in [1.29, 1.82) is 0 Å². The first-order valence-corrected chi connectivity index (χ1v) is 3.52. The van der Waals surface area contributed by atoms with Crippen molar-refractivity contribution < 1.29 is 9.59 Å². The summed E-state index contributed by atoms with van der Waals surface area (Å²) in [6.45, 7) is 1.80. The maximum Gasteiger partial charge on any atom is 0.227 e. The minimum Gasteiger partial charge on any atom is -0.355 e. The summed E-state index contributed by atoms with van der Waals surface area (Å²) in [7, 11) is 0. The molecule has 0 aliphatic carbocycles. The van der Waals surface area contributed by atoms with Crippen LogP contribution in [0, 0.1) is 0 Å². The molecule has 3 nitrogen and oxygen atoms in total. The first-order chi connectivity index (χ1) is 4.66. The molecular weight excluding hydrogens is 154 g/mol. The lowest BCUT2D eigenvalue weighted by Gasteiger charge is -1.98. The Kier molecular flexibility index (Phi) is 4.94. The smallest absolute Gasteiger partial charge is 0.227 e. The van der Waals surface area contributed by atoms with Crippen LogP contribution in [0.1, 0.15) is 13.3 Å². The van der Waals surface area contributed by atoms with Gasteiger partial charge >= 0.3 is 0 Å². The zero-order valence-corrected chi connectivity index (χ0v) is 6.57. The van der Waals surface area contributed by atoms with Gasteiger partial charge in [-0.3, -0.25) is 9.59 Å². The second kappa shape index (κ2) is 5.23. The molecule has 10 heavy (non-hydrogen) atoms. The third-order valence-corrected chi connectivity index (χ3v) is 1.02. The van der Waals surface area contributed by atoms with Crippen LogP contribution >= 0.6 is 11.6 Å². The Hall–Kier alpha value is -0.570. The number of alkyl halides is 1. The second-order valence-electron chi connectivity index (χ2n) is 1.92. The maximum absolute atomic E-state index is 10.6. The molecule has 0 rings (SSSR count). The van der Waals surface area contributed by atoms with Gasteiger partial charge < -0.3 is 5.32 Å². The molecule has 0 saturated carbocycles. The Morgan fingerprint density at radius 2 is 2.10 bits per heavy atom. The van der Waals surface area contributed by atoms with E-state index in [1.807, 2.05) is 0 Å². The van der Waals surface area contributed by atoms with E-state index in [0.717, 1.165) is 0 Å². The molecule has 1 amide bonds. The summed E-state index contributed by atoms with van der Waals surface area (Å²) in [6.07, 6.45) is -0.0448. The lowest BCUT2D eigenvalue weighted by molar-refractivity contribution is -0.127. The minimum absolute atomic E-state index is 0.0448. The summed E-state index contributed by atoms with van der Waals surface area (Å²) >= 11 is 5.28. The Morgan fingerprint density at radius 1 is 1.50 bits per heavy atom. The van der Waals surface area contributed by atoms with Crippen molar-refractivity contribution in [3.63, 3.8) is 0 Å². The number of hydrogen-bond acceptors (Lipinski definition) is 2. The second-order valence-corrected chi connectivity index (χ2v) is 2.30. The van der Waals surface area contributed by atoms with Crippen molar-refractivity contribution in [3.05, 3.63) is 0 Å². The summed E-state index contributed by atoms with van der Waals surface area (Å²) in [4.78, 5) is 20.9. The standard InChI is InChI=1S/C6H10ClNO2/c1-5(9)4-6(10)8-3-2-7/h2-4H2,1H3,(H,8,10). The van der Waals surface area contributed by atoms with Gasteiger partial charge in [0.05, 0.1) is 6.42 Å². The predicted octanol–water partition coefficient (Wildman–Crippen LogP) is 0.321. The summed E-state index contributed by atoms with van der Waals surface area (Å²) in [5.74, 6) is -0.0101. The molecule has 0 atom stereocenters. The van der Waals surface area contributed by atoms with Crippen LogP contribution in [0.5, 0.6) is 0 Å². The Morgan fingerprint density at radius 3 is 2.50 bits per heavy atom. The first kappa shape index (κ1) is 9.43. The number of Topliss-reactive ketones (excluding diaryl/α,β-unsaturated/α-hetero) is 1. The molecule has 0 aromatic rings. The summed E-state index contributed by atoms with van der Waals surface area (Å²) in [5, 5.41) is 2.47. The maximum atomic E-state index is 10.6. The van der Waals surface area contributed by atoms with Gasteiger partial charge in [0.25, 0.3) is 0 Å². The molecule has 0 aliphatic heterocycles. The zero-order valence-electron chi connectivity index (χ0n) is 5.82. The van der Waals surface area contributed by atoms with Gasteiger partial charge in [0.15, 0.2) is 0 Å². The van der Waals surface area contributed by atoms with Crippen LogP contribution in [-0.2, 0) is 9.59 Å². The molecule has 0 heterocycles. The molecule has 0 fully saturated rings. The van der Waals surface area contributed by atoms with E-state index in [1.165, 1.54) is 6.92 Å². The molecular formula is C6H10ClNO2. The molecule has 0 aliphatic rings. The van der Waals surface area contributed by atoms with Crippen molar-refractivity contribution in [2.24, 2.45) is 0 Å². The number of amides is 1. The molecule has 1 N–H and O–H groups in total. The molecule has 0 radical (unpaired) electrons. The fraction of sp³-hybridized carbons (Fsp3) is 0.667. The predicted molar refractivity (Wildman–Crippen MR) is 39.0 cm³/mol. The molecule has 0 aromatic heterocycles. The van der Waals surface area contributed by atoms with Crippen molar-refractivity contribution in [2.75, 3.05) is 12.4 Å². The summed E-state index contributed by atoms with van der Waals surface area (Å²) in [6, 6.07) is 0. The van der Waals surface area contributed by atoms with Crippen LogP contribution in [0.2, 0.25) is 0 Å². The van der Waals surface area contributed by atoms with Crippen LogP contribution in [0.4, 0.5) is 0 Å². The van der Waals surface area contributed by atoms with Crippen molar-refractivity contribution in [2.45, 2.75) is 13.3 Å². The SMILES string of the molecule is CC(=O)CC(=O)NCCCl. The van der Waals surface area contributed by atoms with E-state index >= 15 is 0 Å². The van der Waals surface area contributed by atoms with Gasteiger partial charge in [-0.15, -0.1) is 11.6 Å². The largest absolute Gasteiger partial charge is 0.355 e. The van der Waals surface area contributed by atoms with E-state index < -0.39 is 0 Å². The van der Waals surface area contributed by atoms with Crippen LogP contribution < -0.4 is 5.32 Å². The highest BCUT2D eigenvalue weighted by atomic mass is 35.5. The fourth-order valence-electron chi connectivity index (χ4n) is 0.475. The van der Waals surface area contributed by atoms with Crippen LogP contribution in [0.3, 0.4) is 0 Å². The molecule has 0 saturated heterocycles. The van der Waals surface area contributed by atoms with Crippen molar-refractivity contribution in [3.8, 4) is 0 Å². The van der Waals surface area contributed by atoms with E-state index in [-0.39, 0.29) is 18.1 Å². The number of rotatable bonds is 4. The highest BCUT2D eigenvalue weighted by molar-refractivity contribution is 6.18. The van der Waals surface area contributed by atoms with Gasteiger partial charge in [0.2, 0.25) is 5.91 Å². The molecule has 58 valence electrons. The Balaban J connectivity index is 3.35. The zero-order chi connectivity index (χ0) is 7.98. The number of ketones is 1. The fourth-order valence-corrected chi connectivity index (χ4v) is 0.570. The molecule has 0 bridgehead atoms. The lowest BCUT2D eigenvalue weighted by Crippen LogP contribution is -2.26. The lowest BCUT2D eigenvalue weighted by atomic mass is 10.3. The summed E-state index contributed by atoms with van der Waals surface area (Å²) < 4.78 is 0. The summed E-state index contributed by atoms with van der Waals surface area (Å²) in [5.41, 5.74) is 0. The minimum atomic E-state index is -0.256. The van der Waals surface area contributed by atoms with Crippen LogP contribution in [0.25, 0.3) is 0 Å². The number of nitrogens with one attached hydrogen (secondary N) is 1. The topological polar surface area (TPSA) is 46.2 Å². The normalized spacial score (nSPS) is 9.00. The Bertz CT molecular complexity index is 136. The molecule has 0 spiro atoms. The number of carbonyl (C=O) groups excluding carboxylic acids is 2. The van der Waals surface area contributed by atoms with E-state index in [9.17, 15) is 9.59 Å². The number of hydrogen-bond donors (Lipinski definition) is 1. The average Bonchev–Trinajstić information content (AvgIpc) is 1.82. The van der Waals surface area contributed by atoms with E-state index in [4.69, 9.17) is 11.6 Å². The first-order valence-electron chi connectivity index (χ1n) is 2.99. The van der Waals surface area contributed by atoms with Crippen molar-refractivity contribution >= 4 is 23.3 Å². The van der Waals surface area contributed by atoms with Crippen LogP contribution in [-0.4, -0.2) is 24.1 Å². The van der Waals surface area contributed by atoms with Crippen molar-refractivity contribution in [1.82, 2.24) is 5.32 Å². The quantitative estimate of drug-likeness (QED) is 0.479. The van der Waals surface area contributed by atoms with E-state index in [1.54, 1.807) is 0 Å². The van der Waals surface area contributed by atoms with Gasteiger partial charge in [0.1, 0.15) is 5.78 Å². The highest BCUT2D eigenvalue weighted by Crippen LogP contribution is 1.81. The number of carbonyl (C=O) groups is 2.